The quantitative estimate of drug-likeness (QED) is 0.0268. The Balaban J connectivity index is 4.19. The van der Waals surface area contributed by atoms with E-state index in [1.54, 1.807) is 0 Å². The molecule has 0 aliphatic rings. The van der Waals surface area contributed by atoms with Crippen molar-refractivity contribution in [2.24, 2.45) is 5.73 Å². The minimum atomic E-state index is -4.39. The van der Waals surface area contributed by atoms with Crippen molar-refractivity contribution in [2.75, 3.05) is 26.4 Å². The van der Waals surface area contributed by atoms with Crippen molar-refractivity contribution >= 4 is 19.8 Å². The zero-order valence-corrected chi connectivity index (χ0v) is 36.3. The molecular weight excluding hydrogens is 713 g/mol. The van der Waals surface area contributed by atoms with Crippen molar-refractivity contribution in [3.63, 3.8) is 0 Å². The normalized spacial score (nSPS) is 13.6. The summed E-state index contributed by atoms with van der Waals surface area (Å²) in [5.74, 6) is -0.883. The summed E-state index contributed by atoms with van der Waals surface area (Å²) in [4.78, 5) is 34.9. The predicted molar refractivity (Wildman–Crippen MR) is 229 cm³/mol. The molecule has 0 saturated heterocycles. The number of hydrogen-bond acceptors (Lipinski definition) is 8. The van der Waals surface area contributed by atoms with Gasteiger partial charge in [-0.25, -0.2) is 4.57 Å². The van der Waals surface area contributed by atoms with E-state index in [4.69, 9.17) is 24.3 Å². The number of ether oxygens (including phenoxy) is 2. The molecule has 0 radical (unpaired) electrons. The molecule has 0 amide bonds. The van der Waals surface area contributed by atoms with Gasteiger partial charge < -0.3 is 20.1 Å². The van der Waals surface area contributed by atoms with Crippen molar-refractivity contribution in [1.29, 1.82) is 0 Å². The summed E-state index contributed by atoms with van der Waals surface area (Å²) in [6.45, 7) is 3.69. The molecule has 1 unspecified atom stereocenters. The Morgan fingerprint density at radius 1 is 0.545 bits per heavy atom. The fourth-order valence-electron chi connectivity index (χ4n) is 6.18. The number of esters is 2. The molecule has 0 rings (SSSR count). The predicted octanol–water partition coefficient (Wildman–Crippen LogP) is 12.9. The van der Waals surface area contributed by atoms with E-state index < -0.39 is 32.5 Å². The minimum Gasteiger partial charge on any atom is -0.462 e. The van der Waals surface area contributed by atoms with Crippen LogP contribution in [0.25, 0.3) is 0 Å². The molecule has 0 bridgehead atoms. The molecule has 0 aromatic heterocycles. The Morgan fingerprint density at radius 2 is 0.964 bits per heavy atom. The highest BCUT2D eigenvalue weighted by molar-refractivity contribution is 7.47. The number of rotatable bonds is 42. The second kappa shape index (κ2) is 41.9. The van der Waals surface area contributed by atoms with Gasteiger partial charge in [0.15, 0.2) is 6.10 Å². The highest BCUT2D eigenvalue weighted by Gasteiger charge is 2.26. The summed E-state index contributed by atoms with van der Waals surface area (Å²) >= 11 is 0. The third-order valence-corrected chi connectivity index (χ3v) is 10.5. The third-order valence-electron chi connectivity index (χ3n) is 9.53. The molecule has 0 aromatic rings. The van der Waals surface area contributed by atoms with Gasteiger partial charge in [0.2, 0.25) is 0 Å². The fraction of sp³-hybridized carbons (Fsp3) is 0.822. The van der Waals surface area contributed by atoms with Crippen LogP contribution >= 0.6 is 7.82 Å². The second-order valence-corrected chi connectivity index (χ2v) is 16.4. The molecule has 2 atom stereocenters. The van der Waals surface area contributed by atoms with Gasteiger partial charge in [-0.1, -0.05) is 185 Å². The molecular formula is C45H84NO8P. The molecule has 0 saturated carbocycles. The summed E-state index contributed by atoms with van der Waals surface area (Å²) in [7, 11) is -4.39. The number of nitrogens with two attached hydrogens (primary N) is 1. The monoisotopic (exact) mass is 798 g/mol. The van der Waals surface area contributed by atoms with Gasteiger partial charge in [0, 0.05) is 19.4 Å². The van der Waals surface area contributed by atoms with E-state index in [9.17, 15) is 19.0 Å². The van der Waals surface area contributed by atoms with E-state index in [-0.39, 0.29) is 32.6 Å². The minimum absolute atomic E-state index is 0.0478. The molecule has 0 fully saturated rings. The van der Waals surface area contributed by atoms with E-state index in [0.29, 0.717) is 12.8 Å². The lowest BCUT2D eigenvalue weighted by Gasteiger charge is -2.19. The van der Waals surface area contributed by atoms with E-state index in [1.807, 2.05) is 0 Å². The topological polar surface area (TPSA) is 134 Å². The van der Waals surface area contributed by atoms with E-state index in [1.165, 1.54) is 122 Å². The van der Waals surface area contributed by atoms with Crippen molar-refractivity contribution in [2.45, 2.75) is 213 Å². The molecule has 0 spiro atoms. The maximum Gasteiger partial charge on any atom is 0.472 e. The average Bonchev–Trinajstić information content (AvgIpc) is 3.17. The highest BCUT2D eigenvalue weighted by Crippen LogP contribution is 2.43. The van der Waals surface area contributed by atoms with Crippen LogP contribution in [0.5, 0.6) is 0 Å². The first-order valence-corrected chi connectivity index (χ1v) is 24.0. The number of unbranched alkanes of at least 4 members (excludes halogenated alkanes) is 23. The van der Waals surface area contributed by atoms with Crippen LogP contribution in [-0.2, 0) is 32.7 Å². The first-order valence-electron chi connectivity index (χ1n) is 22.5. The second-order valence-electron chi connectivity index (χ2n) is 14.9. The zero-order valence-electron chi connectivity index (χ0n) is 35.4. The van der Waals surface area contributed by atoms with E-state index >= 15 is 0 Å². The van der Waals surface area contributed by atoms with Crippen LogP contribution < -0.4 is 5.73 Å². The maximum absolute atomic E-state index is 12.6. The van der Waals surface area contributed by atoms with Crippen LogP contribution in [0.3, 0.4) is 0 Å². The van der Waals surface area contributed by atoms with Gasteiger partial charge in [-0.2, -0.15) is 0 Å². The van der Waals surface area contributed by atoms with Gasteiger partial charge in [-0.3, -0.25) is 18.6 Å². The van der Waals surface area contributed by atoms with Crippen molar-refractivity contribution in [3.8, 4) is 0 Å². The summed E-state index contributed by atoms with van der Waals surface area (Å²) in [5.41, 5.74) is 5.35. The van der Waals surface area contributed by atoms with Crippen molar-refractivity contribution in [1.82, 2.24) is 0 Å². The largest absolute Gasteiger partial charge is 0.472 e. The van der Waals surface area contributed by atoms with Crippen LogP contribution in [0.2, 0.25) is 0 Å². The third kappa shape index (κ3) is 41.7. The van der Waals surface area contributed by atoms with Gasteiger partial charge in [-0.05, 0) is 44.9 Å². The smallest absolute Gasteiger partial charge is 0.462 e. The van der Waals surface area contributed by atoms with Gasteiger partial charge in [0.1, 0.15) is 6.61 Å². The summed E-state index contributed by atoms with van der Waals surface area (Å²) in [5, 5.41) is 0. The lowest BCUT2D eigenvalue weighted by Crippen LogP contribution is -2.29. The highest BCUT2D eigenvalue weighted by atomic mass is 31.2. The first-order chi connectivity index (χ1) is 26.8. The fourth-order valence-corrected chi connectivity index (χ4v) is 6.95. The number of hydrogen-bond donors (Lipinski definition) is 2. The Labute approximate surface area is 337 Å². The molecule has 0 aromatic carbocycles. The van der Waals surface area contributed by atoms with Gasteiger partial charge >= 0.3 is 19.8 Å². The van der Waals surface area contributed by atoms with Crippen LogP contribution in [0.4, 0.5) is 0 Å². The number of phosphoric ester groups is 1. The summed E-state index contributed by atoms with van der Waals surface area (Å²) in [6, 6.07) is 0. The number of allylic oxidation sites excluding steroid dienone is 6. The van der Waals surface area contributed by atoms with Crippen LogP contribution in [0.1, 0.15) is 206 Å². The molecule has 9 nitrogen and oxygen atoms in total. The molecule has 0 heterocycles. The van der Waals surface area contributed by atoms with Crippen LogP contribution in [-0.4, -0.2) is 49.3 Å². The Morgan fingerprint density at radius 3 is 1.45 bits per heavy atom. The molecule has 0 aliphatic carbocycles. The molecule has 0 aliphatic heterocycles. The van der Waals surface area contributed by atoms with E-state index in [2.05, 4.69) is 50.3 Å². The van der Waals surface area contributed by atoms with Crippen molar-refractivity contribution < 1.29 is 37.6 Å². The standard InChI is InChI=1S/C45H84NO8P/c1-3-5-7-9-11-13-15-17-19-21-23-25-27-29-31-33-35-37-44(47)51-41-43(42-53-55(49,50)52-40-39-46)54-45(48)38-36-34-32-30-28-26-24-22-20-18-16-14-12-10-8-6-4-2/h17,19,23,25,29,31,43H,3-16,18,20-22,24,26-28,30,32-42,46H2,1-2H3,(H,49,50)/b19-17+,25-23+,31-29+/t43-/m1/s1. The SMILES string of the molecule is CCCCCCCC/C=C/C/C=C/C/C=C/CCCC(=O)OC[C@H](COP(=O)(O)OCCN)OC(=O)CCCCCCCCCCCCCCCCCCC. The average molecular weight is 798 g/mol. The van der Waals surface area contributed by atoms with Gasteiger partial charge in [0.05, 0.1) is 13.2 Å². The lowest BCUT2D eigenvalue weighted by molar-refractivity contribution is -0.161. The van der Waals surface area contributed by atoms with E-state index in [0.717, 1.165) is 44.9 Å². The van der Waals surface area contributed by atoms with Crippen LogP contribution in [0, 0.1) is 0 Å². The van der Waals surface area contributed by atoms with Crippen LogP contribution in [0.15, 0.2) is 36.5 Å². The lowest BCUT2D eigenvalue weighted by atomic mass is 10.0. The number of carbonyl (C=O) groups is 2. The maximum atomic E-state index is 12.6. The Kier molecular flexibility index (Phi) is 40.5. The molecule has 55 heavy (non-hydrogen) atoms. The van der Waals surface area contributed by atoms with Gasteiger partial charge in [-0.15, -0.1) is 0 Å². The van der Waals surface area contributed by atoms with Gasteiger partial charge in [0.25, 0.3) is 0 Å². The summed E-state index contributed by atoms with van der Waals surface area (Å²) in [6.07, 6.45) is 46.1. The first kappa shape index (κ1) is 53.2. The molecule has 10 heteroatoms. The van der Waals surface area contributed by atoms with Crippen molar-refractivity contribution in [3.05, 3.63) is 36.5 Å². The molecule has 3 N–H and O–H groups in total. The Hall–Kier alpha value is -1.77. The zero-order chi connectivity index (χ0) is 40.3. The molecule has 322 valence electrons. The Bertz CT molecular complexity index is 1000. The summed E-state index contributed by atoms with van der Waals surface area (Å²) < 4.78 is 32.7. The number of carbonyl (C=O) groups excluding carboxylic acids is 2. The number of phosphoric acid groups is 1.